The molecule has 0 aromatic carbocycles. The third kappa shape index (κ3) is 2.25. The van der Waals surface area contributed by atoms with E-state index in [0.29, 0.717) is 17.8 Å². The van der Waals surface area contributed by atoms with E-state index in [0.717, 1.165) is 49.8 Å². The Balaban J connectivity index is 1.15. The van der Waals surface area contributed by atoms with E-state index in [-0.39, 0.29) is 0 Å². The van der Waals surface area contributed by atoms with Crippen molar-refractivity contribution in [1.29, 1.82) is 0 Å². The predicted molar refractivity (Wildman–Crippen MR) is 85.6 cm³/mol. The van der Waals surface area contributed by atoms with Gasteiger partial charge in [-0.15, -0.1) is 10.2 Å². The Morgan fingerprint density at radius 3 is 2.32 bits per heavy atom. The molecular weight excluding hydrogens is 320 g/mol. The normalized spacial score (nSPS) is 51.0. The van der Waals surface area contributed by atoms with Gasteiger partial charge in [-0.05, 0) is 62.7 Å². The Labute approximate surface area is 147 Å². The topological polar surface area (TPSA) is 82.2 Å². The zero-order valence-corrected chi connectivity index (χ0v) is 14.5. The number of ether oxygens (including phenoxy) is 1. The van der Waals surface area contributed by atoms with Gasteiger partial charge in [0.2, 0.25) is 11.6 Å². The lowest BCUT2D eigenvalue weighted by Crippen LogP contribution is -2.59. The molecule has 6 aliphatic rings. The van der Waals surface area contributed by atoms with Gasteiger partial charge < -0.3 is 4.74 Å². The van der Waals surface area contributed by atoms with E-state index in [1.165, 1.54) is 32.1 Å². The minimum Gasteiger partial charge on any atom is -0.312 e. The van der Waals surface area contributed by atoms with Gasteiger partial charge in [0.05, 0.1) is 0 Å². The van der Waals surface area contributed by atoms with Gasteiger partial charge in [-0.2, -0.15) is 15.0 Å². The Bertz CT molecular complexity index is 613. The summed E-state index contributed by atoms with van der Waals surface area (Å²) >= 11 is 0. The average molecular weight is 346 g/mol. The maximum absolute atomic E-state index is 6.74. The second-order valence-corrected chi connectivity index (χ2v) is 9.18. The second-order valence-electron chi connectivity index (χ2n) is 9.18. The van der Waals surface area contributed by atoms with Crippen LogP contribution in [0.1, 0.15) is 63.6 Å². The summed E-state index contributed by atoms with van der Waals surface area (Å²) in [5.41, 5.74) is 0. The fraction of sp³-hybridized carbons (Fsp3) is 0.944. The molecule has 0 atom stereocenters. The molecule has 7 rings (SSSR count). The van der Waals surface area contributed by atoms with Gasteiger partial charge in [-0.25, -0.2) is 0 Å². The van der Waals surface area contributed by atoms with Crippen LogP contribution in [-0.4, -0.2) is 32.2 Å². The fourth-order valence-corrected chi connectivity index (χ4v) is 6.64. The molecule has 0 amide bonds. The molecule has 4 bridgehead atoms. The smallest absolute Gasteiger partial charge is 0.210 e. The first kappa shape index (κ1) is 15.1. The molecule has 136 valence electrons. The average Bonchev–Trinajstić information content (AvgIpc) is 3.24. The van der Waals surface area contributed by atoms with E-state index in [4.69, 9.17) is 14.5 Å². The van der Waals surface area contributed by atoms with Crippen LogP contribution in [0.5, 0.6) is 0 Å². The van der Waals surface area contributed by atoms with Crippen molar-refractivity contribution in [3.05, 3.63) is 5.82 Å². The molecule has 7 nitrogen and oxygen atoms in total. The molecular formula is C18H26N4O3. The molecule has 1 aromatic rings. The zero-order chi connectivity index (χ0) is 16.5. The molecule has 1 saturated heterocycles. The van der Waals surface area contributed by atoms with Crippen molar-refractivity contribution in [2.45, 2.75) is 75.8 Å². The summed E-state index contributed by atoms with van der Waals surface area (Å²) in [6.45, 7) is 0. The summed E-state index contributed by atoms with van der Waals surface area (Å²) in [7, 11) is 0. The van der Waals surface area contributed by atoms with Crippen LogP contribution >= 0.6 is 0 Å². The Morgan fingerprint density at radius 1 is 0.960 bits per heavy atom. The van der Waals surface area contributed by atoms with Gasteiger partial charge in [0, 0.05) is 31.1 Å². The number of aromatic amines is 1. The van der Waals surface area contributed by atoms with Crippen molar-refractivity contribution >= 4 is 0 Å². The number of nitrogens with zero attached hydrogens (tertiary/aromatic N) is 3. The molecule has 1 aromatic heterocycles. The third-order valence-electron chi connectivity index (χ3n) is 7.67. The van der Waals surface area contributed by atoms with Crippen molar-refractivity contribution in [2.75, 3.05) is 0 Å². The van der Waals surface area contributed by atoms with E-state index in [1.807, 2.05) is 0 Å². The van der Waals surface area contributed by atoms with Crippen LogP contribution in [0, 0.1) is 29.6 Å². The van der Waals surface area contributed by atoms with Crippen molar-refractivity contribution in [3.63, 3.8) is 0 Å². The molecule has 2 spiro atoms. The highest BCUT2D eigenvalue weighted by molar-refractivity contribution is 5.05. The fourth-order valence-electron chi connectivity index (χ4n) is 6.64. The summed E-state index contributed by atoms with van der Waals surface area (Å²) in [6, 6.07) is 0. The molecule has 25 heavy (non-hydrogen) atoms. The quantitative estimate of drug-likeness (QED) is 0.829. The minimum atomic E-state index is -0.511. The Kier molecular flexibility index (Phi) is 3.15. The maximum atomic E-state index is 6.74. The van der Waals surface area contributed by atoms with Crippen molar-refractivity contribution < 1.29 is 14.5 Å². The van der Waals surface area contributed by atoms with Crippen LogP contribution in [0.15, 0.2) is 0 Å². The molecule has 1 aliphatic heterocycles. The lowest BCUT2D eigenvalue weighted by Gasteiger charge is -2.57. The predicted octanol–water partition coefficient (Wildman–Crippen LogP) is 2.76. The van der Waals surface area contributed by atoms with E-state index in [2.05, 4.69) is 20.6 Å². The molecule has 7 heteroatoms. The number of hydrogen-bond acceptors (Lipinski definition) is 6. The number of nitrogens with one attached hydrogen (secondary N) is 1. The van der Waals surface area contributed by atoms with E-state index < -0.39 is 11.6 Å². The van der Waals surface area contributed by atoms with Gasteiger partial charge >= 0.3 is 0 Å². The number of tetrazole rings is 1. The second kappa shape index (κ2) is 5.24. The highest BCUT2D eigenvalue weighted by Crippen LogP contribution is 2.63. The number of aromatic nitrogens is 4. The van der Waals surface area contributed by atoms with E-state index in [9.17, 15) is 0 Å². The Hall–Kier alpha value is -1.05. The zero-order valence-electron chi connectivity index (χ0n) is 14.5. The van der Waals surface area contributed by atoms with Crippen LogP contribution in [0.2, 0.25) is 0 Å². The van der Waals surface area contributed by atoms with Gasteiger partial charge in [-0.3, -0.25) is 0 Å². The van der Waals surface area contributed by atoms with Crippen molar-refractivity contribution in [2.24, 2.45) is 29.6 Å². The molecule has 5 aliphatic carbocycles. The molecule has 6 fully saturated rings. The summed E-state index contributed by atoms with van der Waals surface area (Å²) < 4.78 is 6.74. The van der Waals surface area contributed by atoms with Crippen LogP contribution in [0.3, 0.4) is 0 Å². The summed E-state index contributed by atoms with van der Waals surface area (Å²) in [6.07, 6.45) is 11.3. The van der Waals surface area contributed by atoms with Crippen LogP contribution in [0.4, 0.5) is 0 Å². The standard InChI is InChI=1S/C18H26N4O3/c1-3-17(4-2-11(1)10-16-19-21-22-20-16)23-18(25-24-17)14-6-12-5-13(8-14)9-15(18)7-12/h11-15H,1-10H2,(H,19,20,21,22). The van der Waals surface area contributed by atoms with Crippen molar-refractivity contribution in [3.8, 4) is 0 Å². The highest BCUT2D eigenvalue weighted by atomic mass is 17.3. The SMILES string of the molecule is C1CC2(CCC1Cc1nn[nH]n1)OOC1(O2)C2CC3CC(C2)CC1C3. The molecule has 2 heterocycles. The van der Waals surface area contributed by atoms with Crippen molar-refractivity contribution in [1.82, 2.24) is 20.6 Å². The van der Waals surface area contributed by atoms with Gasteiger partial charge in [0.25, 0.3) is 0 Å². The first-order chi connectivity index (χ1) is 12.2. The van der Waals surface area contributed by atoms with Gasteiger partial charge in [-0.1, -0.05) is 5.21 Å². The highest BCUT2D eigenvalue weighted by Gasteiger charge is 2.66. The lowest BCUT2D eigenvalue weighted by molar-refractivity contribution is -0.390. The summed E-state index contributed by atoms with van der Waals surface area (Å²) in [4.78, 5) is 12.1. The monoisotopic (exact) mass is 346 g/mol. The largest absolute Gasteiger partial charge is 0.312 e. The Morgan fingerprint density at radius 2 is 1.68 bits per heavy atom. The van der Waals surface area contributed by atoms with Crippen LogP contribution in [-0.2, 0) is 20.9 Å². The van der Waals surface area contributed by atoms with Crippen LogP contribution < -0.4 is 0 Å². The molecule has 1 N–H and O–H groups in total. The molecule has 0 unspecified atom stereocenters. The maximum Gasteiger partial charge on any atom is 0.210 e. The number of H-pyrrole nitrogens is 1. The van der Waals surface area contributed by atoms with Gasteiger partial charge in [0.1, 0.15) is 0 Å². The van der Waals surface area contributed by atoms with Gasteiger partial charge in [0.15, 0.2) is 5.82 Å². The summed E-state index contributed by atoms with van der Waals surface area (Å²) in [5, 5.41) is 14.4. The first-order valence-electron chi connectivity index (χ1n) is 10.0. The van der Waals surface area contributed by atoms with E-state index >= 15 is 0 Å². The number of hydrogen-bond donors (Lipinski definition) is 1. The van der Waals surface area contributed by atoms with Crippen LogP contribution in [0.25, 0.3) is 0 Å². The molecule has 5 saturated carbocycles. The first-order valence-corrected chi connectivity index (χ1v) is 10.0. The summed E-state index contributed by atoms with van der Waals surface area (Å²) in [5.74, 6) is 3.33. The minimum absolute atomic E-state index is 0.437. The molecule has 0 radical (unpaired) electrons. The lowest BCUT2D eigenvalue weighted by atomic mass is 9.53. The number of rotatable bonds is 2. The third-order valence-corrected chi connectivity index (χ3v) is 7.67. The van der Waals surface area contributed by atoms with E-state index in [1.54, 1.807) is 0 Å².